The van der Waals surface area contributed by atoms with Gasteiger partial charge in [-0.15, -0.1) is 0 Å². The molecule has 0 radical (unpaired) electrons. The molecule has 0 saturated heterocycles. The summed E-state index contributed by atoms with van der Waals surface area (Å²) >= 11 is 0. The quantitative estimate of drug-likeness (QED) is 0.533. The second-order valence-electron chi connectivity index (χ2n) is 5.60. The van der Waals surface area contributed by atoms with Gasteiger partial charge in [-0.2, -0.15) is 5.10 Å². The number of aromatic nitrogens is 3. The monoisotopic (exact) mass is 325 g/mol. The zero-order valence-corrected chi connectivity index (χ0v) is 13.9. The number of fused-ring (bicyclic) bond motifs is 1. The number of rotatable bonds is 5. The van der Waals surface area contributed by atoms with Crippen LogP contribution in [0, 0.1) is 13.8 Å². The number of carbonyl (C=O) groups excluding carboxylic acids is 1. The van der Waals surface area contributed by atoms with E-state index in [2.05, 4.69) is 10.1 Å². The lowest BCUT2D eigenvalue weighted by atomic mass is 10.2. The smallest absolute Gasteiger partial charge is 0.339 e. The fraction of sp³-hybridized carbons (Fsp3) is 0.278. The van der Waals surface area contributed by atoms with Gasteiger partial charge in [-0.25, -0.2) is 9.78 Å². The van der Waals surface area contributed by atoms with Crippen molar-refractivity contribution < 1.29 is 14.3 Å². The molecule has 0 aliphatic rings. The summed E-state index contributed by atoms with van der Waals surface area (Å²) in [6, 6.07) is 9.48. The molecule has 6 heteroatoms. The molecule has 0 aliphatic carbocycles. The molecule has 0 N–H and O–H groups in total. The zero-order chi connectivity index (χ0) is 17.1. The number of esters is 1. The summed E-state index contributed by atoms with van der Waals surface area (Å²) in [6.45, 7) is 4.38. The molecule has 3 aromatic rings. The number of carbonyl (C=O) groups is 1. The lowest BCUT2D eigenvalue weighted by Crippen LogP contribution is -2.12. The number of nitrogens with zero attached hydrogens (tertiary/aromatic N) is 3. The maximum atomic E-state index is 12.1. The third-order valence-corrected chi connectivity index (χ3v) is 3.70. The van der Waals surface area contributed by atoms with Gasteiger partial charge in [-0.05, 0) is 32.0 Å². The van der Waals surface area contributed by atoms with Gasteiger partial charge in [0, 0.05) is 18.6 Å². The molecule has 1 aromatic carbocycles. The highest BCUT2D eigenvalue weighted by atomic mass is 16.6. The van der Waals surface area contributed by atoms with E-state index in [1.54, 1.807) is 10.7 Å². The Morgan fingerprint density at radius 3 is 2.67 bits per heavy atom. The second-order valence-corrected chi connectivity index (χ2v) is 5.60. The first kappa shape index (κ1) is 16.0. The summed E-state index contributed by atoms with van der Waals surface area (Å²) in [4.78, 5) is 16.4. The molecular formula is C18H19N3O3. The molecule has 0 saturated carbocycles. The average molecular weight is 325 g/mol. The molecule has 3 rings (SSSR count). The van der Waals surface area contributed by atoms with Crippen LogP contribution in [-0.2, 0) is 11.8 Å². The molecule has 24 heavy (non-hydrogen) atoms. The number of pyridine rings is 1. The summed E-state index contributed by atoms with van der Waals surface area (Å²) in [5.41, 5.74) is 3.15. The van der Waals surface area contributed by atoms with E-state index in [4.69, 9.17) is 9.47 Å². The standard InChI is InChI=1S/C18H19N3O3/c1-12-4-6-15(7-5-12)23-8-9-24-18(22)14-10-16-13(2)20-21(3)17(16)19-11-14/h4-7,10-11H,8-9H2,1-3H3. The van der Waals surface area contributed by atoms with Crippen LogP contribution in [0.2, 0.25) is 0 Å². The maximum absolute atomic E-state index is 12.1. The Morgan fingerprint density at radius 2 is 1.92 bits per heavy atom. The maximum Gasteiger partial charge on any atom is 0.339 e. The van der Waals surface area contributed by atoms with Gasteiger partial charge < -0.3 is 9.47 Å². The van der Waals surface area contributed by atoms with Crippen molar-refractivity contribution >= 4 is 17.0 Å². The van der Waals surface area contributed by atoms with Crippen molar-refractivity contribution in [3.8, 4) is 5.75 Å². The number of hydrogen-bond donors (Lipinski definition) is 0. The van der Waals surface area contributed by atoms with Crippen molar-refractivity contribution in [3.63, 3.8) is 0 Å². The van der Waals surface area contributed by atoms with Crippen molar-refractivity contribution in [2.75, 3.05) is 13.2 Å². The normalized spacial score (nSPS) is 10.8. The minimum absolute atomic E-state index is 0.177. The van der Waals surface area contributed by atoms with Crippen LogP contribution in [0.15, 0.2) is 36.5 Å². The highest BCUT2D eigenvalue weighted by Crippen LogP contribution is 2.17. The average Bonchev–Trinajstić information content (AvgIpc) is 2.87. The lowest BCUT2D eigenvalue weighted by molar-refractivity contribution is 0.0450. The van der Waals surface area contributed by atoms with Gasteiger partial charge in [0.15, 0.2) is 5.65 Å². The third-order valence-electron chi connectivity index (χ3n) is 3.70. The Morgan fingerprint density at radius 1 is 1.17 bits per heavy atom. The van der Waals surface area contributed by atoms with Crippen molar-refractivity contribution in [3.05, 3.63) is 53.3 Å². The topological polar surface area (TPSA) is 66.2 Å². The van der Waals surface area contributed by atoms with Crippen LogP contribution in [0.5, 0.6) is 5.75 Å². The molecule has 0 unspecified atom stereocenters. The summed E-state index contributed by atoms with van der Waals surface area (Å²) < 4.78 is 12.5. The first-order chi connectivity index (χ1) is 11.5. The molecule has 0 spiro atoms. The Labute approximate surface area is 140 Å². The summed E-state index contributed by atoms with van der Waals surface area (Å²) in [7, 11) is 1.82. The van der Waals surface area contributed by atoms with E-state index in [0.29, 0.717) is 12.2 Å². The van der Waals surface area contributed by atoms with Crippen molar-refractivity contribution in [2.24, 2.45) is 7.05 Å². The molecule has 2 heterocycles. The van der Waals surface area contributed by atoms with Crippen LogP contribution < -0.4 is 4.74 Å². The molecule has 2 aromatic heterocycles. The van der Waals surface area contributed by atoms with Gasteiger partial charge in [-0.3, -0.25) is 4.68 Å². The van der Waals surface area contributed by atoms with E-state index in [0.717, 1.165) is 22.5 Å². The van der Waals surface area contributed by atoms with Gasteiger partial charge in [0.25, 0.3) is 0 Å². The largest absolute Gasteiger partial charge is 0.490 e. The summed E-state index contributed by atoms with van der Waals surface area (Å²) in [5.74, 6) is 0.339. The fourth-order valence-electron chi connectivity index (χ4n) is 2.43. The minimum atomic E-state index is -0.417. The Balaban J connectivity index is 1.57. The van der Waals surface area contributed by atoms with E-state index >= 15 is 0 Å². The minimum Gasteiger partial charge on any atom is -0.490 e. The van der Waals surface area contributed by atoms with Crippen molar-refractivity contribution in [2.45, 2.75) is 13.8 Å². The Hall–Kier alpha value is -2.89. The van der Waals surface area contributed by atoms with Crippen LogP contribution >= 0.6 is 0 Å². The number of benzene rings is 1. The molecular weight excluding hydrogens is 306 g/mol. The van der Waals surface area contributed by atoms with E-state index in [9.17, 15) is 4.79 Å². The predicted octanol–water partition coefficient (Wildman–Crippen LogP) is 2.82. The van der Waals surface area contributed by atoms with Crippen LogP contribution in [0.25, 0.3) is 11.0 Å². The molecule has 124 valence electrons. The van der Waals surface area contributed by atoms with Gasteiger partial charge in [0.1, 0.15) is 19.0 Å². The van der Waals surface area contributed by atoms with Gasteiger partial charge in [0.05, 0.1) is 11.3 Å². The predicted molar refractivity (Wildman–Crippen MR) is 90.2 cm³/mol. The van der Waals surface area contributed by atoms with Crippen molar-refractivity contribution in [1.82, 2.24) is 14.8 Å². The molecule has 0 atom stereocenters. The Bertz CT molecular complexity index is 869. The van der Waals surface area contributed by atoms with E-state index < -0.39 is 5.97 Å². The number of ether oxygens (including phenoxy) is 2. The summed E-state index contributed by atoms with van der Waals surface area (Å²) in [6.07, 6.45) is 1.51. The number of aryl methyl sites for hydroxylation is 3. The van der Waals surface area contributed by atoms with Crippen LogP contribution in [0.4, 0.5) is 0 Å². The van der Waals surface area contributed by atoms with Gasteiger partial charge >= 0.3 is 5.97 Å². The van der Waals surface area contributed by atoms with Crippen LogP contribution in [0.3, 0.4) is 0 Å². The van der Waals surface area contributed by atoms with Crippen LogP contribution in [-0.4, -0.2) is 33.9 Å². The highest BCUT2D eigenvalue weighted by molar-refractivity contribution is 5.93. The van der Waals surface area contributed by atoms with E-state index in [1.807, 2.05) is 45.2 Å². The lowest BCUT2D eigenvalue weighted by Gasteiger charge is -2.07. The fourth-order valence-corrected chi connectivity index (χ4v) is 2.43. The molecule has 6 nitrogen and oxygen atoms in total. The number of hydrogen-bond acceptors (Lipinski definition) is 5. The zero-order valence-electron chi connectivity index (χ0n) is 13.9. The van der Waals surface area contributed by atoms with Gasteiger partial charge in [0.2, 0.25) is 0 Å². The molecule has 0 fully saturated rings. The first-order valence-corrected chi connectivity index (χ1v) is 7.70. The van der Waals surface area contributed by atoms with E-state index in [1.165, 1.54) is 11.8 Å². The van der Waals surface area contributed by atoms with E-state index in [-0.39, 0.29) is 6.61 Å². The SMILES string of the molecule is Cc1ccc(OCCOC(=O)c2cnc3c(c2)c(C)nn3C)cc1. The Kier molecular flexibility index (Phi) is 4.46. The van der Waals surface area contributed by atoms with Crippen LogP contribution in [0.1, 0.15) is 21.6 Å². The highest BCUT2D eigenvalue weighted by Gasteiger charge is 2.12. The van der Waals surface area contributed by atoms with Crippen molar-refractivity contribution in [1.29, 1.82) is 0 Å². The van der Waals surface area contributed by atoms with Gasteiger partial charge in [-0.1, -0.05) is 17.7 Å². The third kappa shape index (κ3) is 3.37. The molecule has 0 bridgehead atoms. The summed E-state index contributed by atoms with van der Waals surface area (Å²) in [5, 5.41) is 5.14. The molecule has 0 amide bonds. The second kappa shape index (κ2) is 6.70. The molecule has 0 aliphatic heterocycles. The first-order valence-electron chi connectivity index (χ1n) is 7.70.